The summed E-state index contributed by atoms with van der Waals surface area (Å²) in [5.74, 6) is 0.707. The van der Waals surface area contributed by atoms with Gasteiger partial charge in [0.15, 0.2) is 5.82 Å². The molecule has 2 nitrogen and oxygen atoms in total. The summed E-state index contributed by atoms with van der Waals surface area (Å²) in [5.41, 5.74) is 16.8. The number of rotatable bonds is 7. The maximum Gasteiger partial charge on any atom is 0.161 e. The van der Waals surface area contributed by atoms with E-state index in [1.165, 1.54) is 60.8 Å². The van der Waals surface area contributed by atoms with Gasteiger partial charge in [-0.05, 0) is 101 Å². The summed E-state index contributed by atoms with van der Waals surface area (Å²) >= 11 is 0. The summed E-state index contributed by atoms with van der Waals surface area (Å²) in [5, 5.41) is 4.80. The van der Waals surface area contributed by atoms with Gasteiger partial charge < -0.3 is 0 Å². The summed E-state index contributed by atoms with van der Waals surface area (Å²) in [4.78, 5) is 10.4. The Balaban J connectivity index is 1.01. The van der Waals surface area contributed by atoms with Crippen molar-refractivity contribution in [1.82, 2.24) is 9.97 Å². The van der Waals surface area contributed by atoms with E-state index in [-0.39, 0.29) is 0 Å². The minimum atomic E-state index is -0.520. The van der Waals surface area contributed by atoms with E-state index < -0.39 is 5.41 Å². The van der Waals surface area contributed by atoms with E-state index in [0.29, 0.717) is 5.82 Å². The van der Waals surface area contributed by atoms with E-state index in [0.717, 1.165) is 44.4 Å². The van der Waals surface area contributed by atoms with Gasteiger partial charge in [-0.15, -0.1) is 0 Å². The van der Waals surface area contributed by atoms with Crippen molar-refractivity contribution in [1.29, 1.82) is 0 Å². The van der Waals surface area contributed by atoms with Gasteiger partial charge in [-0.2, -0.15) is 0 Å². The quantitative estimate of drug-likeness (QED) is 0.160. The summed E-state index contributed by atoms with van der Waals surface area (Å²) in [6.45, 7) is 0. The fourth-order valence-corrected chi connectivity index (χ4v) is 10.1. The lowest BCUT2D eigenvalue weighted by Crippen LogP contribution is -2.28. The predicted octanol–water partition coefficient (Wildman–Crippen LogP) is 15.5. The molecule has 0 amide bonds. The zero-order valence-corrected chi connectivity index (χ0v) is 34.5. The highest BCUT2D eigenvalue weighted by atomic mass is 14.9. The first-order chi connectivity index (χ1) is 31.2. The molecule has 1 aliphatic carbocycles. The molecule has 0 saturated carbocycles. The Morgan fingerprint density at radius 1 is 0.286 bits per heavy atom. The second-order valence-electron chi connectivity index (χ2n) is 16.4. The fourth-order valence-electron chi connectivity index (χ4n) is 10.1. The maximum absolute atomic E-state index is 5.21. The standard InChI is InChI=1S/C61H40N2/c1-5-19-42(20-6-1)57-40-58(43-21-7-2-8-22-43)63-60(62-57)55-37-36-49(51-30-15-16-31-52(51)55)46-24-17-23-44(38-46)45-33-34-53-54-35-32-41-18-13-14-29-50(41)59(54)61(56(53)39-45,47-25-9-3-10-26-47)48-27-11-4-12-28-48/h1-40H. The molecule has 0 atom stereocenters. The van der Waals surface area contributed by atoms with E-state index >= 15 is 0 Å². The van der Waals surface area contributed by atoms with Crippen molar-refractivity contribution >= 4 is 21.5 Å². The van der Waals surface area contributed by atoms with Gasteiger partial charge in [0, 0.05) is 16.7 Å². The van der Waals surface area contributed by atoms with Gasteiger partial charge in [-0.1, -0.05) is 218 Å². The Kier molecular flexibility index (Phi) is 8.76. The first-order valence-electron chi connectivity index (χ1n) is 21.6. The number of hydrogen-bond donors (Lipinski definition) is 0. The van der Waals surface area contributed by atoms with Crippen LogP contribution in [0.4, 0.5) is 0 Å². The lowest BCUT2D eigenvalue weighted by Gasteiger charge is -2.35. The lowest BCUT2D eigenvalue weighted by molar-refractivity contribution is 0.776. The SMILES string of the molecule is c1ccc(-c2cc(-c3ccccc3)nc(-c3ccc(-c4cccc(-c5ccc6c(c5)C(c5ccccc5)(c5ccccc5)c5c-6ccc6ccccc56)c4)c4ccccc34)n2)cc1. The Hall–Kier alpha value is -8.20. The highest BCUT2D eigenvalue weighted by Crippen LogP contribution is 2.58. The molecule has 1 aliphatic rings. The van der Waals surface area contributed by atoms with Gasteiger partial charge in [0.05, 0.1) is 16.8 Å². The molecule has 0 radical (unpaired) electrons. The minimum Gasteiger partial charge on any atom is -0.228 e. The first-order valence-corrected chi connectivity index (χ1v) is 21.6. The number of aromatic nitrogens is 2. The number of nitrogens with zero attached hydrogens (tertiary/aromatic N) is 2. The molecule has 0 fully saturated rings. The third-order valence-corrected chi connectivity index (χ3v) is 13.0. The second-order valence-corrected chi connectivity index (χ2v) is 16.4. The van der Waals surface area contributed by atoms with E-state index in [1.807, 2.05) is 12.1 Å². The summed E-state index contributed by atoms with van der Waals surface area (Å²) in [6, 6.07) is 87.8. The van der Waals surface area contributed by atoms with Crippen LogP contribution in [0.2, 0.25) is 0 Å². The molecule has 0 aliphatic heterocycles. The number of hydrogen-bond acceptors (Lipinski definition) is 2. The largest absolute Gasteiger partial charge is 0.228 e. The van der Waals surface area contributed by atoms with Gasteiger partial charge in [-0.3, -0.25) is 0 Å². The normalized spacial score (nSPS) is 12.6. The third-order valence-electron chi connectivity index (χ3n) is 13.0. The summed E-state index contributed by atoms with van der Waals surface area (Å²) in [7, 11) is 0. The second kappa shape index (κ2) is 15.1. The van der Waals surface area contributed by atoms with Gasteiger partial charge in [0.2, 0.25) is 0 Å². The fraction of sp³-hybridized carbons (Fsp3) is 0.0164. The molecule has 12 rings (SSSR count). The average Bonchev–Trinajstić information content (AvgIpc) is 3.68. The molecule has 11 aromatic rings. The van der Waals surface area contributed by atoms with Crippen molar-refractivity contribution in [2.75, 3.05) is 0 Å². The number of fused-ring (bicyclic) bond motifs is 6. The molecule has 0 saturated heterocycles. The predicted molar refractivity (Wildman–Crippen MR) is 262 cm³/mol. The molecular weight excluding hydrogens is 761 g/mol. The zero-order valence-electron chi connectivity index (χ0n) is 34.5. The van der Waals surface area contributed by atoms with Crippen molar-refractivity contribution in [2.24, 2.45) is 0 Å². The van der Waals surface area contributed by atoms with E-state index in [2.05, 4.69) is 231 Å². The van der Waals surface area contributed by atoms with Crippen LogP contribution in [-0.4, -0.2) is 9.97 Å². The molecule has 0 unspecified atom stereocenters. The van der Waals surface area contributed by atoms with Crippen LogP contribution in [-0.2, 0) is 5.41 Å². The van der Waals surface area contributed by atoms with E-state index in [1.54, 1.807) is 0 Å². The highest BCUT2D eigenvalue weighted by Gasteiger charge is 2.47. The molecule has 294 valence electrons. The molecule has 1 heterocycles. The molecule has 1 aromatic heterocycles. The average molecular weight is 801 g/mol. The molecule has 0 spiro atoms. The third kappa shape index (κ3) is 6.02. The van der Waals surface area contributed by atoms with Crippen LogP contribution < -0.4 is 0 Å². The van der Waals surface area contributed by atoms with Crippen LogP contribution in [0, 0.1) is 0 Å². The summed E-state index contributed by atoms with van der Waals surface area (Å²) < 4.78 is 0. The summed E-state index contributed by atoms with van der Waals surface area (Å²) in [6.07, 6.45) is 0. The molecule has 63 heavy (non-hydrogen) atoms. The smallest absolute Gasteiger partial charge is 0.161 e. The van der Waals surface area contributed by atoms with Gasteiger partial charge >= 0.3 is 0 Å². The van der Waals surface area contributed by atoms with Crippen LogP contribution in [0.25, 0.3) is 88.8 Å². The Labute approximate surface area is 367 Å². The Bertz CT molecular complexity index is 3390. The van der Waals surface area contributed by atoms with Crippen molar-refractivity contribution < 1.29 is 0 Å². The van der Waals surface area contributed by atoms with E-state index in [4.69, 9.17) is 9.97 Å². The van der Waals surface area contributed by atoms with Crippen molar-refractivity contribution in [2.45, 2.75) is 5.41 Å². The van der Waals surface area contributed by atoms with Gasteiger partial charge in [0.1, 0.15) is 0 Å². The monoisotopic (exact) mass is 800 g/mol. The van der Waals surface area contributed by atoms with Gasteiger partial charge in [0.25, 0.3) is 0 Å². The lowest BCUT2D eigenvalue weighted by atomic mass is 9.66. The Morgan fingerprint density at radius 2 is 0.762 bits per heavy atom. The molecule has 0 bridgehead atoms. The minimum absolute atomic E-state index is 0.520. The number of benzene rings is 10. The van der Waals surface area contributed by atoms with Crippen LogP contribution in [0.1, 0.15) is 22.3 Å². The van der Waals surface area contributed by atoms with Crippen molar-refractivity contribution in [3.8, 4) is 67.3 Å². The van der Waals surface area contributed by atoms with Crippen LogP contribution in [0.5, 0.6) is 0 Å². The molecule has 2 heteroatoms. The van der Waals surface area contributed by atoms with E-state index in [9.17, 15) is 0 Å². The maximum atomic E-state index is 5.21. The Morgan fingerprint density at radius 3 is 1.41 bits per heavy atom. The molecule has 10 aromatic carbocycles. The first kappa shape index (κ1) is 36.6. The van der Waals surface area contributed by atoms with Crippen molar-refractivity contribution in [3.63, 3.8) is 0 Å². The highest BCUT2D eigenvalue weighted by molar-refractivity contribution is 6.05. The van der Waals surface area contributed by atoms with Crippen LogP contribution in [0.3, 0.4) is 0 Å². The van der Waals surface area contributed by atoms with Crippen LogP contribution in [0.15, 0.2) is 243 Å². The topological polar surface area (TPSA) is 25.8 Å². The van der Waals surface area contributed by atoms with Gasteiger partial charge in [-0.25, -0.2) is 9.97 Å². The van der Waals surface area contributed by atoms with Crippen molar-refractivity contribution in [3.05, 3.63) is 265 Å². The zero-order chi connectivity index (χ0) is 41.7. The molecular formula is C61H40N2. The van der Waals surface area contributed by atoms with Crippen LogP contribution >= 0.6 is 0 Å². The molecule has 0 N–H and O–H groups in total.